The molecule has 1 aliphatic carbocycles. The van der Waals surface area contributed by atoms with Crippen molar-refractivity contribution in [2.75, 3.05) is 12.3 Å². The number of thioether (sulfide) groups is 1. The summed E-state index contributed by atoms with van der Waals surface area (Å²) in [6.45, 7) is 1.81. The summed E-state index contributed by atoms with van der Waals surface area (Å²) in [6, 6.07) is 3.43. The fourth-order valence-corrected chi connectivity index (χ4v) is 3.40. The molecule has 0 unspecified atom stereocenters. The van der Waals surface area contributed by atoms with Gasteiger partial charge in [-0.15, -0.1) is 11.8 Å². The molecule has 0 radical (unpaired) electrons. The minimum atomic E-state index is -1.16. The maximum Gasteiger partial charge on any atom is 0.230 e. The first kappa shape index (κ1) is 14.5. The van der Waals surface area contributed by atoms with Crippen LogP contribution in [0.25, 0.3) is 0 Å². The van der Waals surface area contributed by atoms with E-state index in [1.165, 1.54) is 31.9 Å². The Balaban J connectivity index is 1.70. The number of amides is 1. The van der Waals surface area contributed by atoms with Crippen molar-refractivity contribution in [2.45, 2.75) is 43.5 Å². The van der Waals surface area contributed by atoms with Crippen molar-refractivity contribution in [3.63, 3.8) is 0 Å². The summed E-state index contributed by atoms with van der Waals surface area (Å²) in [4.78, 5) is 11.7. The van der Waals surface area contributed by atoms with E-state index in [0.29, 0.717) is 16.8 Å². The highest BCUT2D eigenvalue weighted by molar-refractivity contribution is 8.00. The molecule has 1 atom stereocenters. The van der Waals surface area contributed by atoms with Gasteiger partial charge in [-0.25, -0.2) is 0 Å². The van der Waals surface area contributed by atoms with Crippen molar-refractivity contribution >= 4 is 17.7 Å². The SMILES string of the molecule is C[C@](O)(CNC(=O)CSC1CCCC1)c1ccco1. The second-order valence-corrected chi connectivity index (χ2v) is 6.53. The molecule has 0 spiro atoms. The molecule has 19 heavy (non-hydrogen) atoms. The zero-order valence-corrected chi connectivity index (χ0v) is 12.0. The lowest BCUT2D eigenvalue weighted by atomic mass is 10.0. The number of carbonyl (C=O) groups is 1. The number of hydrogen-bond donors (Lipinski definition) is 2. The molecule has 1 aromatic heterocycles. The lowest BCUT2D eigenvalue weighted by Gasteiger charge is -2.21. The Bertz CT molecular complexity index is 397. The molecular formula is C14H21NO3S. The Hall–Kier alpha value is -0.940. The van der Waals surface area contributed by atoms with Crippen LogP contribution >= 0.6 is 11.8 Å². The zero-order chi connectivity index (χ0) is 13.7. The minimum absolute atomic E-state index is 0.0243. The monoisotopic (exact) mass is 283 g/mol. The van der Waals surface area contributed by atoms with Gasteiger partial charge in [-0.1, -0.05) is 12.8 Å². The second-order valence-electron chi connectivity index (χ2n) is 5.25. The molecule has 1 aliphatic rings. The van der Waals surface area contributed by atoms with Crippen LogP contribution < -0.4 is 5.32 Å². The molecule has 4 nitrogen and oxygen atoms in total. The van der Waals surface area contributed by atoms with Gasteiger partial charge in [-0.2, -0.15) is 0 Å². The zero-order valence-electron chi connectivity index (χ0n) is 11.2. The standard InChI is InChI=1S/C14H21NO3S/c1-14(17,12-7-4-8-18-12)10-15-13(16)9-19-11-5-2-3-6-11/h4,7-8,11,17H,2-3,5-6,9-10H2,1H3,(H,15,16)/t14-/m0/s1. The third kappa shape index (κ3) is 4.28. The van der Waals surface area contributed by atoms with Crippen LogP contribution in [0.5, 0.6) is 0 Å². The van der Waals surface area contributed by atoms with E-state index < -0.39 is 5.60 Å². The minimum Gasteiger partial charge on any atom is -0.466 e. The first-order valence-electron chi connectivity index (χ1n) is 6.72. The lowest BCUT2D eigenvalue weighted by Crippen LogP contribution is -2.39. The van der Waals surface area contributed by atoms with Gasteiger partial charge in [-0.3, -0.25) is 4.79 Å². The van der Waals surface area contributed by atoms with Crippen molar-refractivity contribution < 1.29 is 14.3 Å². The maximum absolute atomic E-state index is 11.7. The van der Waals surface area contributed by atoms with Crippen LogP contribution in [0.4, 0.5) is 0 Å². The van der Waals surface area contributed by atoms with Crippen LogP contribution in [-0.2, 0) is 10.4 Å². The molecule has 0 aliphatic heterocycles. The third-order valence-electron chi connectivity index (χ3n) is 3.43. The molecule has 0 saturated heterocycles. The molecule has 2 rings (SSSR count). The van der Waals surface area contributed by atoms with Crippen molar-refractivity contribution in [1.82, 2.24) is 5.32 Å². The van der Waals surface area contributed by atoms with Crippen molar-refractivity contribution in [3.8, 4) is 0 Å². The molecule has 1 heterocycles. The third-order valence-corrected chi connectivity index (χ3v) is 4.81. The summed E-state index contributed by atoms with van der Waals surface area (Å²) in [7, 11) is 0. The van der Waals surface area contributed by atoms with Crippen molar-refractivity contribution in [3.05, 3.63) is 24.2 Å². The summed E-state index contributed by atoms with van der Waals surface area (Å²) in [5, 5.41) is 13.6. The number of nitrogens with one attached hydrogen (secondary N) is 1. The molecule has 106 valence electrons. The fraction of sp³-hybridized carbons (Fsp3) is 0.643. The highest BCUT2D eigenvalue weighted by Crippen LogP contribution is 2.29. The average Bonchev–Trinajstić information content (AvgIpc) is 3.06. The number of hydrogen-bond acceptors (Lipinski definition) is 4. The van der Waals surface area contributed by atoms with E-state index in [0.717, 1.165) is 0 Å². The number of rotatable bonds is 6. The summed E-state index contributed by atoms with van der Waals surface area (Å²) < 4.78 is 5.17. The summed E-state index contributed by atoms with van der Waals surface area (Å²) in [5.41, 5.74) is -1.16. The van der Waals surface area contributed by atoms with E-state index in [-0.39, 0.29) is 12.5 Å². The fourth-order valence-electron chi connectivity index (χ4n) is 2.24. The maximum atomic E-state index is 11.7. The highest BCUT2D eigenvalue weighted by Gasteiger charge is 2.27. The van der Waals surface area contributed by atoms with E-state index in [1.54, 1.807) is 30.8 Å². The summed E-state index contributed by atoms with van der Waals surface area (Å²) in [5.74, 6) is 0.916. The topological polar surface area (TPSA) is 62.5 Å². The Morgan fingerprint density at radius 1 is 1.58 bits per heavy atom. The van der Waals surface area contributed by atoms with Crippen molar-refractivity contribution in [1.29, 1.82) is 0 Å². The first-order valence-corrected chi connectivity index (χ1v) is 7.77. The number of carbonyl (C=O) groups excluding carboxylic acids is 1. The van der Waals surface area contributed by atoms with Crippen molar-refractivity contribution in [2.24, 2.45) is 0 Å². The molecule has 0 aromatic carbocycles. The Labute approximate surface area is 117 Å². The smallest absolute Gasteiger partial charge is 0.230 e. The van der Waals surface area contributed by atoms with Crippen LogP contribution in [0, 0.1) is 0 Å². The van der Waals surface area contributed by atoms with Gasteiger partial charge < -0.3 is 14.8 Å². The van der Waals surface area contributed by atoms with Gasteiger partial charge in [0, 0.05) is 5.25 Å². The van der Waals surface area contributed by atoms with Crippen LogP contribution in [0.1, 0.15) is 38.4 Å². The van der Waals surface area contributed by atoms with Gasteiger partial charge in [0.15, 0.2) is 0 Å². The first-order chi connectivity index (χ1) is 9.08. The summed E-state index contributed by atoms with van der Waals surface area (Å²) in [6.07, 6.45) is 6.53. The second kappa shape index (κ2) is 6.48. The Morgan fingerprint density at radius 2 is 2.32 bits per heavy atom. The van der Waals surface area contributed by atoms with Crippen LogP contribution in [0.2, 0.25) is 0 Å². The predicted octanol–water partition coefficient (Wildman–Crippen LogP) is 2.28. The van der Waals surface area contributed by atoms with E-state index in [2.05, 4.69) is 5.32 Å². The van der Waals surface area contributed by atoms with E-state index in [9.17, 15) is 9.90 Å². The molecular weight excluding hydrogens is 262 g/mol. The highest BCUT2D eigenvalue weighted by atomic mass is 32.2. The van der Waals surface area contributed by atoms with Gasteiger partial charge >= 0.3 is 0 Å². The number of furan rings is 1. The van der Waals surface area contributed by atoms with E-state index in [1.807, 2.05) is 0 Å². The Kier molecular flexibility index (Phi) is 4.93. The Morgan fingerprint density at radius 3 is 2.95 bits per heavy atom. The molecule has 1 fully saturated rings. The van der Waals surface area contributed by atoms with Crippen LogP contribution in [0.3, 0.4) is 0 Å². The van der Waals surface area contributed by atoms with Crippen LogP contribution in [0.15, 0.2) is 22.8 Å². The molecule has 0 bridgehead atoms. The summed E-state index contributed by atoms with van der Waals surface area (Å²) >= 11 is 1.72. The van der Waals surface area contributed by atoms with E-state index >= 15 is 0 Å². The normalized spacial score (nSPS) is 19.3. The van der Waals surface area contributed by atoms with Gasteiger partial charge in [0.2, 0.25) is 5.91 Å². The van der Waals surface area contributed by atoms with E-state index in [4.69, 9.17) is 4.42 Å². The molecule has 1 aromatic rings. The molecule has 1 saturated carbocycles. The van der Waals surface area contributed by atoms with Crippen LogP contribution in [-0.4, -0.2) is 28.6 Å². The lowest BCUT2D eigenvalue weighted by molar-refractivity contribution is -0.119. The molecule has 2 N–H and O–H groups in total. The van der Waals surface area contributed by atoms with Gasteiger partial charge in [-0.05, 0) is 31.9 Å². The van der Waals surface area contributed by atoms with Gasteiger partial charge in [0.25, 0.3) is 0 Å². The number of aliphatic hydroxyl groups is 1. The van der Waals surface area contributed by atoms with Gasteiger partial charge in [0.1, 0.15) is 11.4 Å². The molecule has 1 amide bonds. The average molecular weight is 283 g/mol. The molecule has 5 heteroatoms. The van der Waals surface area contributed by atoms with Gasteiger partial charge in [0.05, 0.1) is 18.6 Å². The quantitative estimate of drug-likeness (QED) is 0.841. The predicted molar refractivity (Wildman–Crippen MR) is 76.0 cm³/mol. The largest absolute Gasteiger partial charge is 0.466 e.